The van der Waals surface area contributed by atoms with Crippen LogP contribution in [0.15, 0.2) is 54.6 Å². The lowest BCUT2D eigenvalue weighted by Crippen LogP contribution is -2.27. The Morgan fingerprint density at radius 1 is 1.05 bits per heavy atom. The van der Waals surface area contributed by atoms with Crippen molar-refractivity contribution in [2.24, 2.45) is 5.73 Å². The molecule has 0 aliphatic carbocycles. The first-order valence-electron chi connectivity index (χ1n) is 6.52. The maximum absolute atomic E-state index is 7.41. The quantitative estimate of drug-likeness (QED) is 0.458. The largest absolute Gasteiger partial charge is 0.388 e. The van der Waals surface area contributed by atoms with E-state index in [1.54, 1.807) is 0 Å². The summed E-state index contributed by atoms with van der Waals surface area (Å²) in [7, 11) is 0. The van der Waals surface area contributed by atoms with Gasteiger partial charge in [-0.15, -0.1) is 0 Å². The van der Waals surface area contributed by atoms with Crippen LogP contribution >= 0.6 is 22.6 Å². The van der Waals surface area contributed by atoms with E-state index in [1.165, 1.54) is 9.13 Å². The molecule has 2 aromatic carbocycles. The van der Waals surface area contributed by atoms with Crippen LogP contribution in [-0.4, -0.2) is 12.4 Å². The third-order valence-electron chi connectivity index (χ3n) is 3.06. The van der Waals surface area contributed by atoms with E-state index in [-0.39, 0.29) is 5.84 Å². The fourth-order valence-corrected chi connectivity index (χ4v) is 2.36. The van der Waals surface area contributed by atoms with Gasteiger partial charge in [0.15, 0.2) is 0 Å². The number of anilines is 1. The van der Waals surface area contributed by atoms with E-state index in [0.29, 0.717) is 6.42 Å². The van der Waals surface area contributed by atoms with Crippen molar-refractivity contribution >= 4 is 34.1 Å². The molecule has 20 heavy (non-hydrogen) atoms. The molecule has 0 saturated heterocycles. The van der Waals surface area contributed by atoms with Crippen molar-refractivity contribution in [3.63, 3.8) is 0 Å². The minimum absolute atomic E-state index is 0.230. The Labute approximate surface area is 133 Å². The number of rotatable bonds is 6. The molecule has 0 atom stereocenters. The van der Waals surface area contributed by atoms with Crippen LogP contribution in [-0.2, 0) is 6.54 Å². The molecule has 2 aromatic rings. The SMILES string of the molecule is N=C(N)CCN(Cc1ccc(I)cc1)c1ccccc1. The molecule has 0 spiro atoms. The summed E-state index contributed by atoms with van der Waals surface area (Å²) in [6, 6.07) is 18.8. The number of para-hydroxylation sites is 1. The maximum Gasteiger partial charge on any atom is 0.0923 e. The van der Waals surface area contributed by atoms with Gasteiger partial charge in [-0.2, -0.15) is 0 Å². The van der Waals surface area contributed by atoms with Gasteiger partial charge in [0.25, 0.3) is 0 Å². The number of nitrogens with zero attached hydrogens (tertiary/aromatic N) is 1. The Morgan fingerprint density at radius 2 is 1.70 bits per heavy atom. The highest BCUT2D eigenvalue weighted by molar-refractivity contribution is 14.1. The molecule has 0 bridgehead atoms. The van der Waals surface area contributed by atoms with Gasteiger partial charge in [0.2, 0.25) is 0 Å². The summed E-state index contributed by atoms with van der Waals surface area (Å²) in [6.45, 7) is 1.58. The van der Waals surface area contributed by atoms with Gasteiger partial charge in [0.05, 0.1) is 5.84 Å². The molecular formula is C16H18IN3. The molecule has 104 valence electrons. The lowest BCUT2D eigenvalue weighted by atomic mass is 10.2. The third kappa shape index (κ3) is 4.52. The van der Waals surface area contributed by atoms with Crippen LogP contribution in [0.4, 0.5) is 5.69 Å². The Kier molecular flexibility index (Phi) is 5.40. The first-order valence-corrected chi connectivity index (χ1v) is 7.60. The van der Waals surface area contributed by atoms with Crippen LogP contribution in [0.25, 0.3) is 0 Å². The molecule has 0 saturated carbocycles. The number of amidine groups is 1. The summed E-state index contributed by atoms with van der Waals surface area (Å²) in [6.07, 6.45) is 0.583. The highest BCUT2D eigenvalue weighted by atomic mass is 127. The number of benzene rings is 2. The lowest BCUT2D eigenvalue weighted by Gasteiger charge is -2.25. The van der Waals surface area contributed by atoms with Crippen molar-refractivity contribution in [2.75, 3.05) is 11.4 Å². The Hall–Kier alpha value is -1.56. The Balaban J connectivity index is 2.13. The Morgan fingerprint density at radius 3 is 2.30 bits per heavy atom. The summed E-state index contributed by atoms with van der Waals surface area (Å²) < 4.78 is 1.24. The highest BCUT2D eigenvalue weighted by Crippen LogP contribution is 2.17. The van der Waals surface area contributed by atoms with E-state index < -0.39 is 0 Å². The number of nitrogens with two attached hydrogens (primary N) is 1. The first kappa shape index (κ1) is 14.8. The molecule has 0 radical (unpaired) electrons. The predicted molar refractivity (Wildman–Crippen MR) is 93.2 cm³/mol. The summed E-state index contributed by atoms with van der Waals surface area (Å²) >= 11 is 2.31. The second kappa shape index (κ2) is 7.28. The normalized spacial score (nSPS) is 10.2. The highest BCUT2D eigenvalue weighted by Gasteiger charge is 2.07. The lowest BCUT2D eigenvalue weighted by molar-refractivity contribution is 0.802. The Bertz CT molecular complexity index is 552. The molecule has 3 N–H and O–H groups in total. The van der Waals surface area contributed by atoms with Crippen LogP contribution in [0.5, 0.6) is 0 Å². The van der Waals surface area contributed by atoms with Gasteiger partial charge < -0.3 is 10.6 Å². The van der Waals surface area contributed by atoms with E-state index in [1.807, 2.05) is 18.2 Å². The number of hydrogen-bond acceptors (Lipinski definition) is 2. The van der Waals surface area contributed by atoms with Gasteiger partial charge in [-0.05, 0) is 52.4 Å². The van der Waals surface area contributed by atoms with Crippen LogP contribution in [0.2, 0.25) is 0 Å². The fraction of sp³-hybridized carbons (Fsp3) is 0.188. The van der Waals surface area contributed by atoms with Gasteiger partial charge in [-0.3, -0.25) is 5.41 Å². The molecule has 3 nitrogen and oxygen atoms in total. The van der Waals surface area contributed by atoms with Crippen LogP contribution in [0.3, 0.4) is 0 Å². The van der Waals surface area contributed by atoms with Crippen molar-refractivity contribution in [2.45, 2.75) is 13.0 Å². The van der Waals surface area contributed by atoms with Crippen molar-refractivity contribution in [3.05, 3.63) is 63.7 Å². The van der Waals surface area contributed by atoms with Crippen LogP contribution in [0.1, 0.15) is 12.0 Å². The summed E-state index contributed by atoms with van der Waals surface area (Å²) in [5.41, 5.74) is 7.91. The number of hydrogen-bond donors (Lipinski definition) is 2. The molecule has 0 unspecified atom stereocenters. The molecule has 0 heterocycles. The zero-order valence-corrected chi connectivity index (χ0v) is 13.4. The van der Waals surface area contributed by atoms with Gasteiger partial charge >= 0.3 is 0 Å². The summed E-state index contributed by atoms with van der Waals surface area (Å²) in [4.78, 5) is 2.25. The van der Waals surface area contributed by atoms with E-state index in [0.717, 1.165) is 18.8 Å². The van der Waals surface area contributed by atoms with Gasteiger partial charge in [-0.1, -0.05) is 30.3 Å². The zero-order valence-electron chi connectivity index (χ0n) is 11.2. The maximum atomic E-state index is 7.41. The second-order valence-electron chi connectivity index (χ2n) is 4.66. The molecule has 0 fully saturated rings. The summed E-state index contributed by atoms with van der Waals surface area (Å²) in [5, 5.41) is 7.41. The van der Waals surface area contributed by atoms with E-state index in [4.69, 9.17) is 11.1 Å². The molecule has 0 aliphatic rings. The monoisotopic (exact) mass is 379 g/mol. The minimum Gasteiger partial charge on any atom is -0.388 e. The number of halogens is 1. The standard InChI is InChI=1S/C16H18IN3/c17-14-8-6-13(7-9-14)12-20(11-10-16(18)19)15-4-2-1-3-5-15/h1-9H,10-12H2,(H3,18,19). The fourth-order valence-electron chi connectivity index (χ4n) is 2.00. The third-order valence-corrected chi connectivity index (χ3v) is 3.78. The number of nitrogens with one attached hydrogen (secondary N) is 1. The smallest absolute Gasteiger partial charge is 0.0923 e. The van der Waals surface area contributed by atoms with E-state index >= 15 is 0 Å². The molecular weight excluding hydrogens is 361 g/mol. The van der Waals surface area contributed by atoms with Crippen molar-refractivity contribution in [3.8, 4) is 0 Å². The van der Waals surface area contributed by atoms with Gasteiger partial charge in [-0.25, -0.2) is 0 Å². The van der Waals surface area contributed by atoms with Gasteiger partial charge in [0, 0.05) is 28.8 Å². The van der Waals surface area contributed by atoms with Crippen molar-refractivity contribution < 1.29 is 0 Å². The van der Waals surface area contributed by atoms with Crippen molar-refractivity contribution in [1.82, 2.24) is 0 Å². The van der Waals surface area contributed by atoms with Crippen LogP contribution in [0, 0.1) is 8.98 Å². The average Bonchev–Trinajstić information content (AvgIpc) is 2.46. The molecule has 4 heteroatoms. The van der Waals surface area contributed by atoms with E-state index in [9.17, 15) is 0 Å². The first-order chi connectivity index (χ1) is 9.65. The van der Waals surface area contributed by atoms with Crippen LogP contribution < -0.4 is 10.6 Å². The minimum atomic E-state index is 0.230. The van der Waals surface area contributed by atoms with Crippen molar-refractivity contribution in [1.29, 1.82) is 5.41 Å². The zero-order chi connectivity index (χ0) is 14.4. The molecule has 2 rings (SSSR count). The molecule has 0 aromatic heterocycles. The van der Waals surface area contributed by atoms with E-state index in [2.05, 4.69) is 63.9 Å². The summed E-state index contributed by atoms with van der Waals surface area (Å²) in [5.74, 6) is 0.230. The average molecular weight is 379 g/mol. The molecule has 0 aliphatic heterocycles. The second-order valence-corrected chi connectivity index (χ2v) is 5.90. The topological polar surface area (TPSA) is 53.1 Å². The van der Waals surface area contributed by atoms with Gasteiger partial charge in [0.1, 0.15) is 0 Å². The predicted octanol–water partition coefficient (Wildman–Crippen LogP) is 3.62. The molecule has 0 amide bonds.